The minimum Gasteiger partial charge on any atom is -1.00 e. The Balaban J connectivity index is -0.000000239. The molecular weight excluding hydrogens is 864 g/mol. The number of methoxy groups -OCH3 is 1. The molecule has 0 aromatic heterocycles. The largest absolute Gasteiger partial charge is 2.00 e. The van der Waals surface area contributed by atoms with Crippen molar-refractivity contribution >= 4 is 53.1 Å². The van der Waals surface area contributed by atoms with Gasteiger partial charge in [0.05, 0.1) is 47.6 Å². The number of hydrogen-bond acceptors (Lipinski definition) is 15. The summed E-state index contributed by atoms with van der Waals surface area (Å²) >= 11 is 0. The van der Waals surface area contributed by atoms with Gasteiger partial charge in [0.25, 0.3) is 0 Å². The standard InChI is InChI=1S/C16H28O4.C12H24O3.C9H16O3.C8H10O3.CO2.CH3.ClH.Mg/c1-10(2)14(17)20-13-8-11(15(3,4)18)7-12(9-13)16(5,6)19;1-11(2,14)8-5-9(12(3,4)15)7-10(13)6-8;1-6-3-7(9(11)12-2)5-8(10)4-6;1-5(2)7(9)11-8(10)6(3)4;2-1-3;;;/h11-13,18-19H,1,7-9H2,2-6H3;8-10,13-15H,5-7H2,1-4H3;6-8,10H,3-5H2,1-2H3;1,3H2,2,4H3;;1H3;1H;/q;;;;;-1;;+2/p-1/t11-,12+,13?;8-,9+,10?;6-,7+,8-;;;;;/m..1...../s1. The van der Waals surface area contributed by atoms with Crippen molar-refractivity contribution in [2.75, 3.05) is 7.11 Å². The number of rotatable bonds is 9. The van der Waals surface area contributed by atoms with E-state index in [1.807, 2.05) is 0 Å². The predicted octanol–water partition coefficient (Wildman–Crippen LogP) is 2.39. The first kappa shape index (κ1) is 70.5. The minimum absolute atomic E-state index is 0. The molecule has 15 nitrogen and oxygen atoms in total. The second-order valence-electron chi connectivity index (χ2n) is 19.3. The summed E-state index contributed by atoms with van der Waals surface area (Å²) < 4.78 is 14.4. The van der Waals surface area contributed by atoms with E-state index in [0.29, 0.717) is 43.6 Å². The van der Waals surface area contributed by atoms with Crippen LogP contribution in [-0.4, -0.2) is 132 Å². The van der Waals surface area contributed by atoms with Gasteiger partial charge in [0.15, 0.2) is 0 Å². The van der Waals surface area contributed by atoms with E-state index < -0.39 is 46.4 Å². The van der Waals surface area contributed by atoms with Crippen molar-refractivity contribution in [3.05, 3.63) is 43.9 Å². The van der Waals surface area contributed by atoms with Gasteiger partial charge in [-0.05, 0) is 164 Å². The molecule has 64 heavy (non-hydrogen) atoms. The van der Waals surface area contributed by atoms with Crippen LogP contribution in [0, 0.1) is 42.9 Å². The Kier molecular flexibility index (Phi) is 34.7. The molecule has 3 saturated carbocycles. The molecule has 0 heterocycles. The van der Waals surface area contributed by atoms with Crippen LogP contribution in [-0.2, 0) is 43.0 Å². The average molecular weight is 946 g/mol. The molecule has 9 atom stereocenters. The van der Waals surface area contributed by atoms with Crippen LogP contribution in [0.25, 0.3) is 0 Å². The van der Waals surface area contributed by atoms with Crippen molar-refractivity contribution in [2.45, 2.75) is 182 Å². The fourth-order valence-corrected chi connectivity index (χ4v) is 7.40. The summed E-state index contributed by atoms with van der Waals surface area (Å²) in [6, 6.07) is 0. The number of esters is 4. The monoisotopic (exact) mass is 945 g/mol. The molecule has 17 heteroatoms. The van der Waals surface area contributed by atoms with Crippen molar-refractivity contribution in [3.8, 4) is 0 Å². The van der Waals surface area contributed by atoms with Gasteiger partial charge in [-0.25, -0.2) is 14.4 Å². The molecule has 3 rings (SSSR count). The predicted molar refractivity (Wildman–Crippen MR) is 240 cm³/mol. The van der Waals surface area contributed by atoms with E-state index in [9.17, 15) is 49.8 Å². The number of aliphatic hydroxyl groups excluding tert-OH is 2. The average Bonchev–Trinajstić information content (AvgIpc) is 3.10. The number of carbonyl (C=O) groups excluding carboxylic acids is 6. The molecule has 0 saturated heterocycles. The van der Waals surface area contributed by atoms with Gasteiger partial charge >= 0.3 is 53.1 Å². The summed E-state index contributed by atoms with van der Waals surface area (Å²) in [6.07, 6.45) is 5.51. The Morgan fingerprint density at radius 2 is 0.859 bits per heavy atom. The van der Waals surface area contributed by atoms with Crippen LogP contribution in [0.4, 0.5) is 0 Å². The third-order valence-electron chi connectivity index (χ3n) is 11.3. The van der Waals surface area contributed by atoms with Crippen LogP contribution in [0.15, 0.2) is 36.5 Å². The molecule has 0 bridgehead atoms. The molecule has 0 spiro atoms. The zero-order chi connectivity index (χ0) is 48.4. The summed E-state index contributed by atoms with van der Waals surface area (Å²) in [4.78, 5) is 60.4. The van der Waals surface area contributed by atoms with E-state index >= 15 is 0 Å². The van der Waals surface area contributed by atoms with Crippen LogP contribution in [0.3, 0.4) is 0 Å². The van der Waals surface area contributed by atoms with E-state index in [1.54, 1.807) is 62.3 Å². The molecule has 0 radical (unpaired) electrons. The Labute approximate surface area is 405 Å². The van der Waals surface area contributed by atoms with Gasteiger partial charge in [-0.1, -0.05) is 26.7 Å². The maximum Gasteiger partial charge on any atom is 2.00 e. The number of hydrogen-bond donors (Lipinski definition) is 6. The normalized spacial score (nSPS) is 25.1. The fraction of sp³-hybridized carbons (Fsp3) is 0.745. The van der Waals surface area contributed by atoms with Crippen LogP contribution in [0.5, 0.6) is 0 Å². The van der Waals surface area contributed by atoms with Crippen molar-refractivity contribution in [3.63, 3.8) is 0 Å². The first-order chi connectivity index (χ1) is 27.5. The number of halogens is 1. The van der Waals surface area contributed by atoms with Gasteiger partial charge in [0.1, 0.15) is 6.10 Å². The summed E-state index contributed by atoms with van der Waals surface area (Å²) in [5.74, 6) is -1.54. The van der Waals surface area contributed by atoms with E-state index in [1.165, 1.54) is 21.0 Å². The first-order valence-corrected chi connectivity index (χ1v) is 20.8. The topological polar surface area (TPSA) is 251 Å². The molecular formula is C47H81ClMgO15. The summed E-state index contributed by atoms with van der Waals surface area (Å²) in [7, 11) is 1.40. The molecule has 0 aromatic rings. The zero-order valence-electron chi connectivity index (χ0n) is 41.1. The van der Waals surface area contributed by atoms with E-state index in [4.69, 9.17) is 14.3 Å². The second-order valence-corrected chi connectivity index (χ2v) is 19.3. The smallest absolute Gasteiger partial charge is 1.00 e. The molecule has 0 aliphatic heterocycles. The van der Waals surface area contributed by atoms with Crippen LogP contribution in [0.2, 0.25) is 0 Å². The van der Waals surface area contributed by atoms with Gasteiger partial charge in [0.2, 0.25) is 0 Å². The molecule has 0 amide bonds. The quantitative estimate of drug-likeness (QED) is 0.0485. The number of carbonyl (C=O) groups is 4. The first-order valence-electron chi connectivity index (χ1n) is 20.8. The molecule has 368 valence electrons. The van der Waals surface area contributed by atoms with Crippen LogP contribution >= 0.6 is 0 Å². The maximum atomic E-state index is 11.7. The Morgan fingerprint density at radius 3 is 1.12 bits per heavy atom. The van der Waals surface area contributed by atoms with Crippen molar-refractivity contribution in [1.29, 1.82) is 0 Å². The van der Waals surface area contributed by atoms with Crippen molar-refractivity contribution in [1.82, 2.24) is 0 Å². The molecule has 3 fully saturated rings. The Bertz CT molecular complexity index is 1420. The molecule has 3 aliphatic carbocycles. The van der Waals surface area contributed by atoms with Crippen molar-refractivity contribution in [2.24, 2.45) is 35.5 Å². The van der Waals surface area contributed by atoms with Crippen LogP contribution < -0.4 is 12.4 Å². The minimum atomic E-state index is -0.849. The summed E-state index contributed by atoms with van der Waals surface area (Å²) in [5, 5.41) is 59.5. The molecule has 2 unspecified atom stereocenters. The van der Waals surface area contributed by atoms with Gasteiger partial charge in [0, 0.05) is 16.7 Å². The van der Waals surface area contributed by atoms with Crippen molar-refractivity contribution < 1.29 is 86.0 Å². The van der Waals surface area contributed by atoms with E-state index in [-0.39, 0.29) is 108 Å². The van der Waals surface area contributed by atoms with Gasteiger partial charge in [-0.2, -0.15) is 9.59 Å². The number of ether oxygens (including phenoxy) is 3. The fourth-order valence-electron chi connectivity index (χ4n) is 7.40. The summed E-state index contributed by atoms with van der Waals surface area (Å²) in [6.45, 7) is 31.0. The van der Waals surface area contributed by atoms with Crippen LogP contribution in [0.1, 0.15) is 141 Å². The zero-order valence-corrected chi connectivity index (χ0v) is 43.3. The third-order valence-corrected chi connectivity index (χ3v) is 11.3. The van der Waals surface area contributed by atoms with Gasteiger partial charge in [-0.15, -0.1) is 0 Å². The van der Waals surface area contributed by atoms with Gasteiger partial charge in [-0.3, -0.25) is 4.79 Å². The maximum absolute atomic E-state index is 11.7. The second kappa shape index (κ2) is 31.5. The van der Waals surface area contributed by atoms with E-state index in [0.717, 1.165) is 25.7 Å². The molecule has 0 aromatic carbocycles. The molecule has 6 N–H and O–H groups in total. The SMILES string of the molecule is C=C(C)C(=O)OC(=O)C(=C)C.C=C(C)C(=O)OC1C[C@@H](C(C)(C)O)C[C@@H](C(C)(C)O)C1.CC(C)(O)[C@@H]1CC(O)C[C@H](C(C)(C)O)C1.COC(=O)[C@H]1C[C@@H](C)C[C@@H](O)C1.O=C=O.[CH3-].[Cl-].[Mg+2]. The Hall–Kier alpha value is -2.50. The third kappa shape index (κ3) is 29.2. The number of aliphatic hydroxyl groups is 6. The summed E-state index contributed by atoms with van der Waals surface area (Å²) in [5.41, 5.74) is -2.49. The van der Waals surface area contributed by atoms with Gasteiger partial charge < -0.3 is 64.7 Å². The Morgan fingerprint density at radius 1 is 0.562 bits per heavy atom. The molecule has 3 aliphatic rings. The van der Waals surface area contributed by atoms with E-state index in [2.05, 4.69) is 36.1 Å².